The lowest BCUT2D eigenvalue weighted by atomic mass is 9.82. The Kier molecular flexibility index (Phi) is 3.37. The predicted molar refractivity (Wildman–Crippen MR) is 69.5 cm³/mol. The second kappa shape index (κ2) is 5.00. The molecule has 0 bridgehead atoms. The monoisotopic (exact) mass is 249 g/mol. The summed E-state index contributed by atoms with van der Waals surface area (Å²) in [7, 11) is 0. The van der Waals surface area contributed by atoms with Crippen molar-refractivity contribution in [1.29, 1.82) is 0 Å². The molecule has 4 unspecified atom stereocenters. The zero-order valence-electron chi connectivity index (χ0n) is 11.4. The number of hydrogen-bond donors (Lipinski definition) is 1. The Labute approximate surface area is 109 Å². The largest absolute Gasteiger partial charge is 0.339 e. The highest BCUT2D eigenvalue weighted by Crippen LogP contribution is 2.35. The lowest BCUT2D eigenvalue weighted by Crippen LogP contribution is -2.21. The highest BCUT2D eigenvalue weighted by atomic mass is 16.5. The molecule has 100 valence electrons. The maximum Gasteiger partial charge on any atom is 0.231 e. The van der Waals surface area contributed by atoms with Gasteiger partial charge in [0.25, 0.3) is 0 Å². The van der Waals surface area contributed by atoms with Crippen LogP contribution in [0, 0.1) is 5.92 Å². The first kappa shape index (κ1) is 12.2. The van der Waals surface area contributed by atoms with Crippen molar-refractivity contribution in [3.63, 3.8) is 0 Å². The standard InChI is InChI=1S/C14H23N3O/c1-9-4-3-5-11(8-9)13-16-14(18-17-13)12-6-7-15-10(12)2/h9-12,15H,3-8H2,1-2H3. The molecule has 0 aromatic carbocycles. The van der Waals surface area contributed by atoms with Gasteiger partial charge in [0.1, 0.15) is 0 Å². The Hall–Kier alpha value is -0.900. The van der Waals surface area contributed by atoms with Gasteiger partial charge in [-0.05, 0) is 38.6 Å². The molecule has 0 spiro atoms. The van der Waals surface area contributed by atoms with Crippen LogP contribution < -0.4 is 5.32 Å². The first-order chi connectivity index (χ1) is 8.74. The van der Waals surface area contributed by atoms with E-state index in [0.29, 0.717) is 17.9 Å². The third-order valence-electron chi connectivity index (χ3n) is 4.60. The third-order valence-corrected chi connectivity index (χ3v) is 4.60. The molecule has 0 radical (unpaired) electrons. The molecular weight excluding hydrogens is 226 g/mol. The fourth-order valence-electron chi connectivity index (χ4n) is 3.43. The smallest absolute Gasteiger partial charge is 0.231 e. The van der Waals surface area contributed by atoms with Crippen molar-refractivity contribution in [2.24, 2.45) is 5.92 Å². The zero-order valence-corrected chi connectivity index (χ0v) is 11.4. The van der Waals surface area contributed by atoms with Crippen molar-refractivity contribution < 1.29 is 4.52 Å². The average molecular weight is 249 g/mol. The number of nitrogens with zero attached hydrogens (tertiary/aromatic N) is 2. The topological polar surface area (TPSA) is 51.0 Å². The SMILES string of the molecule is CC1CCCC(c2noc(C3CCNC3C)n2)C1. The number of nitrogens with one attached hydrogen (secondary N) is 1. The van der Waals surface area contributed by atoms with Gasteiger partial charge in [0.05, 0.1) is 5.92 Å². The second-order valence-corrected chi connectivity index (χ2v) is 6.10. The summed E-state index contributed by atoms with van der Waals surface area (Å²) in [5, 5.41) is 7.68. The summed E-state index contributed by atoms with van der Waals surface area (Å²) in [6, 6.07) is 0.462. The minimum atomic E-state index is 0.410. The second-order valence-electron chi connectivity index (χ2n) is 6.10. The Morgan fingerprint density at radius 3 is 2.83 bits per heavy atom. The van der Waals surface area contributed by atoms with Crippen molar-refractivity contribution >= 4 is 0 Å². The van der Waals surface area contributed by atoms with E-state index in [2.05, 4.69) is 29.3 Å². The van der Waals surface area contributed by atoms with Gasteiger partial charge in [-0.1, -0.05) is 24.9 Å². The molecule has 2 fully saturated rings. The Morgan fingerprint density at radius 2 is 2.11 bits per heavy atom. The van der Waals surface area contributed by atoms with Gasteiger partial charge in [-0.3, -0.25) is 0 Å². The van der Waals surface area contributed by atoms with Gasteiger partial charge in [-0.25, -0.2) is 0 Å². The first-order valence-corrected chi connectivity index (χ1v) is 7.31. The molecule has 1 aliphatic carbocycles. The van der Waals surface area contributed by atoms with E-state index >= 15 is 0 Å². The number of aromatic nitrogens is 2. The van der Waals surface area contributed by atoms with Crippen LogP contribution in [0.15, 0.2) is 4.52 Å². The molecule has 18 heavy (non-hydrogen) atoms. The summed E-state index contributed by atoms with van der Waals surface area (Å²) in [4.78, 5) is 4.68. The molecule has 1 aromatic rings. The molecule has 2 aliphatic rings. The quantitative estimate of drug-likeness (QED) is 0.875. The summed E-state index contributed by atoms with van der Waals surface area (Å²) in [5.41, 5.74) is 0. The molecule has 4 heteroatoms. The Bertz CT molecular complexity index is 403. The molecule has 4 atom stereocenters. The normalized spacial score (nSPS) is 37.0. The molecule has 1 aromatic heterocycles. The molecule has 0 amide bonds. The van der Waals surface area contributed by atoms with Gasteiger partial charge in [-0.2, -0.15) is 4.98 Å². The summed E-state index contributed by atoms with van der Waals surface area (Å²) >= 11 is 0. The highest BCUT2D eigenvalue weighted by Gasteiger charge is 2.31. The van der Waals surface area contributed by atoms with Crippen LogP contribution in [0.4, 0.5) is 0 Å². The summed E-state index contributed by atoms with van der Waals surface area (Å²) in [5.74, 6) is 3.54. The van der Waals surface area contributed by atoms with E-state index in [0.717, 1.165) is 30.6 Å². The summed E-state index contributed by atoms with van der Waals surface area (Å²) in [6.45, 7) is 5.59. The van der Waals surface area contributed by atoms with E-state index in [1.165, 1.54) is 25.7 Å². The average Bonchev–Trinajstić information content (AvgIpc) is 2.97. The van der Waals surface area contributed by atoms with Gasteiger partial charge in [-0.15, -0.1) is 0 Å². The summed E-state index contributed by atoms with van der Waals surface area (Å²) in [6.07, 6.45) is 6.21. The van der Waals surface area contributed by atoms with Crippen molar-refractivity contribution in [2.45, 2.75) is 63.8 Å². The van der Waals surface area contributed by atoms with E-state index in [9.17, 15) is 0 Å². The fraction of sp³-hybridized carbons (Fsp3) is 0.857. The minimum Gasteiger partial charge on any atom is -0.339 e. The number of hydrogen-bond acceptors (Lipinski definition) is 4. The lowest BCUT2D eigenvalue weighted by molar-refractivity contribution is 0.313. The first-order valence-electron chi connectivity index (χ1n) is 7.31. The van der Waals surface area contributed by atoms with Crippen molar-refractivity contribution in [1.82, 2.24) is 15.5 Å². The predicted octanol–water partition coefficient (Wildman–Crippen LogP) is 2.83. The van der Waals surface area contributed by atoms with E-state index in [1.807, 2.05) is 0 Å². The van der Waals surface area contributed by atoms with E-state index < -0.39 is 0 Å². The molecule has 3 rings (SSSR count). The van der Waals surface area contributed by atoms with Crippen molar-refractivity contribution in [3.8, 4) is 0 Å². The lowest BCUT2D eigenvalue weighted by Gasteiger charge is -2.23. The van der Waals surface area contributed by atoms with Crippen molar-refractivity contribution in [2.75, 3.05) is 6.54 Å². The number of rotatable bonds is 2. The molecular formula is C14H23N3O. The van der Waals surface area contributed by atoms with Gasteiger partial charge >= 0.3 is 0 Å². The summed E-state index contributed by atoms with van der Waals surface area (Å²) < 4.78 is 5.51. The van der Waals surface area contributed by atoms with E-state index in [-0.39, 0.29) is 0 Å². The molecule has 1 N–H and O–H groups in total. The molecule has 1 saturated heterocycles. The Morgan fingerprint density at radius 1 is 1.22 bits per heavy atom. The van der Waals surface area contributed by atoms with Crippen molar-refractivity contribution in [3.05, 3.63) is 11.7 Å². The van der Waals surface area contributed by atoms with Crippen LogP contribution in [0.2, 0.25) is 0 Å². The minimum absolute atomic E-state index is 0.410. The van der Waals surface area contributed by atoms with E-state index in [4.69, 9.17) is 4.52 Å². The van der Waals surface area contributed by atoms with Gasteiger partial charge in [0, 0.05) is 12.0 Å². The highest BCUT2D eigenvalue weighted by molar-refractivity contribution is 5.05. The van der Waals surface area contributed by atoms with Crippen LogP contribution in [-0.2, 0) is 0 Å². The molecule has 1 aliphatic heterocycles. The van der Waals surface area contributed by atoms with E-state index in [1.54, 1.807) is 0 Å². The van der Waals surface area contributed by atoms with Crippen LogP contribution >= 0.6 is 0 Å². The van der Waals surface area contributed by atoms with Gasteiger partial charge in [0.15, 0.2) is 5.82 Å². The fourth-order valence-corrected chi connectivity index (χ4v) is 3.43. The molecule has 4 nitrogen and oxygen atoms in total. The maximum atomic E-state index is 5.51. The third kappa shape index (κ3) is 2.30. The molecule has 2 heterocycles. The molecule has 1 saturated carbocycles. The van der Waals surface area contributed by atoms with Crippen LogP contribution in [0.1, 0.15) is 69.5 Å². The Balaban J connectivity index is 1.72. The van der Waals surface area contributed by atoms with Gasteiger partial charge < -0.3 is 9.84 Å². The van der Waals surface area contributed by atoms with Gasteiger partial charge in [0.2, 0.25) is 5.89 Å². The van der Waals surface area contributed by atoms with Crippen LogP contribution in [0.3, 0.4) is 0 Å². The van der Waals surface area contributed by atoms with Crippen LogP contribution in [0.5, 0.6) is 0 Å². The maximum absolute atomic E-state index is 5.51. The zero-order chi connectivity index (χ0) is 12.5. The van der Waals surface area contributed by atoms with Crippen LogP contribution in [-0.4, -0.2) is 22.7 Å². The van der Waals surface area contributed by atoms with Crippen LogP contribution in [0.25, 0.3) is 0 Å².